The fourth-order valence-corrected chi connectivity index (χ4v) is 2.28. The Kier molecular flexibility index (Phi) is 2.79. The SMILES string of the molecule is CCN(CCO)c1cc2sc(N)nc2[nH]1. The number of nitrogens with one attached hydrogen (secondary N) is 1. The van der Waals surface area contributed by atoms with Gasteiger partial charge in [-0.2, -0.15) is 0 Å². The van der Waals surface area contributed by atoms with Crippen molar-refractivity contribution in [2.24, 2.45) is 0 Å². The van der Waals surface area contributed by atoms with Gasteiger partial charge in [0, 0.05) is 13.1 Å². The van der Waals surface area contributed by atoms with Crippen LogP contribution in [0.25, 0.3) is 10.3 Å². The van der Waals surface area contributed by atoms with Gasteiger partial charge in [0.25, 0.3) is 0 Å². The number of nitrogen functional groups attached to an aromatic ring is 1. The van der Waals surface area contributed by atoms with Gasteiger partial charge in [0.1, 0.15) is 5.82 Å². The van der Waals surface area contributed by atoms with Gasteiger partial charge in [0.05, 0.1) is 11.3 Å². The Hall–Kier alpha value is -1.27. The third-order valence-corrected chi connectivity index (χ3v) is 3.11. The first-order valence-corrected chi connectivity index (χ1v) is 5.67. The first-order valence-electron chi connectivity index (χ1n) is 4.85. The standard InChI is InChI=1S/C9H14N4OS/c1-2-13(3-4-14)7-5-6-8(11-7)12-9(10)15-6/h5,11,14H,2-4H2,1H3,(H2,10,12). The predicted octanol–water partition coefficient (Wildman–Crippen LogP) is 1.03. The lowest BCUT2D eigenvalue weighted by molar-refractivity contribution is 0.302. The average molecular weight is 226 g/mol. The van der Waals surface area contributed by atoms with Gasteiger partial charge < -0.3 is 20.7 Å². The molecule has 0 aliphatic heterocycles. The highest BCUT2D eigenvalue weighted by molar-refractivity contribution is 7.22. The highest BCUT2D eigenvalue weighted by atomic mass is 32.1. The van der Waals surface area contributed by atoms with E-state index >= 15 is 0 Å². The van der Waals surface area contributed by atoms with Crippen LogP contribution in [0.1, 0.15) is 6.92 Å². The molecule has 15 heavy (non-hydrogen) atoms. The highest BCUT2D eigenvalue weighted by Gasteiger charge is 2.10. The monoisotopic (exact) mass is 226 g/mol. The van der Waals surface area contributed by atoms with Crippen LogP contribution in [0.4, 0.5) is 10.9 Å². The molecule has 2 aromatic heterocycles. The smallest absolute Gasteiger partial charge is 0.182 e. The Bertz CT molecular complexity index is 418. The van der Waals surface area contributed by atoms with Crippen LogP contribution in [-0.2, 0) is 0 Å². The van der Waals surface area contributed by atoms with Gasteiger partial charge in [-0.15, -0.1) is 0 Å². The van der Waals surface area contributed by atoms with E-state index in [1.54, 1.807) is 0 Å². The molecule has 0 radical (unpaired) electrons. The van der Waals surface area contributed by atoms with Crippen molar-refractivity contribution < 1.29 is 5.11 Å². The van der Waals surface area contributed by atoms with Crippen molar-refractivity contribution in [2.75, 3.05) is 30.3 Å². The molecule has 82 valence electrons. The van der Waals surface area contributed by atoms with E-state index in [0.29, 0.717) is 11.7 Å². The number of fused-ring (bicyclic) bond motifs is 1. The molecule has 0 saturated heterocycles. The molecule has 2 heterocycles. The van der Waals surface area contributed by atoms with E-state index in [2.05, 4.69) is 14.9 Å². The molecule has 0 amide bonds. The second kappa shape index (κ2) is 4.08. The second-order valence-corrected chi connectivity index (χ2v) is 4.29. The summed E-state index contributed by atoms with van der Waals surface area (Å²) in [6.45, 7) is 3.67. The van der Waals surface area contributed by atoms with E-state index in [1.165, 1.54) is 11.3 Å². The number of aromatic amines is 1. The number of hydrogen-bond acceptors (Lipinski definition) is 5. The topological polar surface area (TPSA) is 78.2 Å². The number of aromatic nitrogens is 2. The first kappa shape index (κ1) is 10.3. The number of nitrogens with zero attached hydrogens (tertiary/aromatic N) is 2. The zero-order chi connectivity index (χ0) is 10.8. The lowest BCUT2D eigenvalue weighted by Gasteiger charge is -2.19. The molecule has 4 N–H and O–H groups in total. The predicted molar refractivity (Wildman–Crippen MR) is 63.4 cm³/mol. The fraction of sp³-hybridized carbons (Fsp3) is 0.444. The first-order chi connectivity index (χ1) is 7.24. The van der Waals surface area contributed by atoms with Gasteiger partial charge >= 0.3 is 0 Å². The van der Waals surface area contributed by atoms with Crippen molar-refractivity contribution in [1.82, 2.24) is 9.97 Å². The van der Waals surface area contributed by atoms with Crippen molar-refractivity contribution in [2.45, 2.75) is 6.92 Å². The Morgan fingerprint density at radius 2 is 2.47 bits per heavy atom. The van der Waals surface area contributed by atoms with E-state index < -0.39 is 0 Å². The van der Waals surface area contributed by atoms with Crippen LogP contribution in [0.2, 0.25) is 0 Å². The van der Waals surface area contributed by atoms with E-state index in [4.69, 9.17) is 10.8 Å². The third kappa shape index (κ3) is 1.91. The molecule has 2 aromatic rings. The van der Waals surface area contributed by atoms with Gasteiger partial charge in [-0.25, -0.2) is 4.98 Å². The van der Waals surface area contributed by atoms with Crippen LogP contribution in [0.15, 0.2) is 6.07 Å². The highest BCUT2D eigenvalue weighted by Crippen LogP contribution is 2.27. The number of aliphatic hydroxyl groups excluding tert-OH is 1. The maximum Gasteiger partial charge on any atom is 0.182 e. The number of rotatable bonds is 4. The van der Waals surface area contributed by atoms with Gasteiger partial charge in [-0.1, -0.05) is 11.3 Å². The summed E-state index contributed by atoms with van der Waals surface area (Å²) >= 11 is 1.47. The largest absolute Gasteiger partial charge is 0.395 e. The van der Waals surface area contributed by atoms with Crippen LogP contribution >= 0.6 is 11.3 Å². The van der Waals surface area contributed by atoms with Gasteiger partial charge in [0.15, 0.2) is 10.8 Å². The van der Waals surface area contributed by atoms with Crippen LogP contribution < -0.4 is 10.6 Å². The van der Waals surface area contributed by atoms with E-state index in [9.17, 15) is 0 Å². The van der Waals surface area contributed by atoms with Gasteiger partial charge in [-0.3, -0.25) is 0 Å². The molecule has 0 fully saturated rings. The van der Waals surface area contributed by atoms with E-state index in [0.717, 1.165) is 22.7 Å². The summed E-state index contributed by atoms with van der Waals surface area (Å²) in [6, 6.07) is 2.02. The van der Waals surface area contributed by atoms with Crippen molar-refractivity contribution in [3.05, 3.63) is 6.07 Å². The molecular weight excluding hydrogens is 212 g/mol. The van der Waals surface area contributed by atoms with Crippen LogP contribution in [0, 0.1) is 0 Å². The number of H-pyrrole nitrogens is 1. The van der Waals surface area contributed by atoms with Crippen molar-refractivity contribution in [3.63, 3.8) is 0 Å². The molecule has 0 unspecified atom stereocenters. The third-order valence-electron chi connectivity index (χ3n) is 2.28. The number of anilines is 2. The summed E-state index contributed by atoms with van der Waals surface area (Å²) in [5.41, 5.74) is 6.41. The Labute approximate surface area is 91.5 Å². The molecule has 0 spiro atoms. The number of aliphatic hydroxyl groups is 1. The Balaban J connectivity index is 2.30. The minimum absolute atomic E-state index is 0.149. The summed E-state index contributed by atoms with van der Waals surface area (Å²) in [5, 5.41) is 9.49. The number of thiazole rings is 1. The number of nitrogens with two attached hydrogens (primary N) is 1. The normalized spacial score (nSPS) is 11.1. The zero-order valence-electron chi connectivity index (χ0n) is 8.53. The fourth-order valence-electron chi connectivity index (χ4n) is 1.56. The minimum atomic E-state index is 0.149. The molecule has 0 bridgehead atoms. The molecule has 0 aliphatic carbocycles. The van der Waals surface area contributed by atoms with Crippen molar-refractivity contribution >= 4 is 32.6 Å². The van der Waals surface area contributed by atoms with E-state index in [-0.39, 0.29) is 6.61 Å². The van der Waals surface area contributed by atoms with Gasteiger partial charge in [0.2, 0.25) is 0 Å². The van der Waals surface area contributed by atoms with Gasteiger partial charge in [-0.05, 0) is 13.0 Å². The van der Waals surface area contributed by atoms with Crippen molar-refractivity contribution in [1.29, 1.82) is 0 Å². The maximum absolute atomic E-state index is 8.91. The maximum atomic E-state index is 8.91. The molecule has 0 aliphatic rings. The molecule has 0 saturated carbocycles. The van der Waals surface area contributed by atoms with Crippen molar-refractivity contribution in [3.8, 4) is 0 Å². The lowest BCUT2D eigenvalue weighted by Crippen LogP contribution is -2.26. The lowest BCUT2D eigenvalue weighted by atomic mass is 10.4. The quantitative estimate of drug-likeness (QED) is 0.727. The molecule has 6 heteroatoms. The molecular formula is C9H14N4OS. The number of hydrogen-bond donors (Lipinski definition) is 3. The summed E-state index contributed by atoms with van der Waals surface area (Å²) in [6.07, 6.45) is 0. The van der Waals surface area contributed by atoms with Crippen LogP contribution in [0.3, 0.4) is 0 Å². The summed E-state index contributed by atoms with van der Waals surface area (Å²) in [5.74, 6) is 0.986. The average Bonchev–Trinajstić information content (AvgIpc) is 2.70. The second-order valence-electron chi connectivity index (χ2n) is 3.22. The molecule has 0 atom stereocenters. The molecule has 5 nitrogen and oxygen atoms in total. The van der Waals surface area contributed by atoms with E-state index in [1.807, 2.05) is 13.0 Å². The van der Waals surface area contributed by atoms with Crippen LogP contribution in [-0.4, -0.2) is 34.8 Å². The summed E-state index contributed by atoms with van der Waals surface area (Å²) in [7, 11) is 0. The Morgan fingerprint density at radius 1 is 1.67 bits per heavy atom. The minimum Gasteiger partial charge on any atom is -0.395 e. The van der Waals surface area contributed by atoms with Crippen LogP contribution in [0.5, 0.6) is 0 Å². The zero-order valence-corrected chi connectivity index (χ0v) is 9.34. The number of likely N-dealkylation sites (N-methyl/N-ethyl adjacent to an activating group) is 1. The summed E-state index contributed by atoms with van der Waals surface area (Å²) in [4.78, 5) is 9.41. The molecule has 2 rings (SSSR count). The summed E-state index contributed by atoms with van der Waals surface area (Å²) < 4.78 is 1.05. The molecule has 0 aromatic carbocycles. The Morgan fingerprint density at radius 3 is 3.07 bits per heavy atom.